The van der Waals surface area contributed by atoms with Gasteiger partial charge in [0.05, 0.1) is 11.4 Å². The van der Waals surface area contributed by atoms with Gasteiger partial charge in [0.15, 0.2) is 5.13 Å². The molecule has 0 spiro atoms. The molecule has 0 fully saturated rings. The summed E-state index contributed by atoms with van der Waals surface area (Å²) in [4.78, 5) is 13.0. The second kappa shape index (κ2) is 8.57. The third-order valence-corrected chi connectivity index (χ3v) is 7.44. The van der Waals surface area contributed by atoms with Crippen molar-refractivity contribution < 1.29 is 0 Å². The predicted octanol–water partition coefficient (Wildman–Crippen LogP) is 5.28. The molecule has 170 valence electrons. The van der Waals surface area contributed by atoms with Gasteiger partial charge in [-0.3, -0.25) is 0 Å². The fraction of sp³-hybridized carbons (Fsp3) is 0.222. The van der Waals surface area contributed by atoms with Gasteiger partial charge in [-0.1, -0.05) is 18.2 Å². The predicted molar refractivity (Wildman–Crippen MR) is 136 cm³/mol. The molecule has 7 heteroatoms. The van der Waals surface area contributed by atoms with Gasteiger partial charge in [0.2, 0.25) is 0 Å². The number of aromatic nitrogens is 5. The van der Waals surface area contributed by atoms with Crippen LogP contribution in [0.3, 0.4) is 0 Å². The summed E-state index contributed by atoms with van der Waals surface area (Å²) in [6, 6.07) is 17.3. The van der Waals surface area contributed by atoms with E-state index in [1.807, 2.05) is 30.1 Å². The van der Waals surface area contributed by atoms with Crippen LogP contribution in [0.1, 0.15) is 33.1 Å². The standard InChI is InChI=1S/C27H26N6S/c1-19-17-32(20(2)30-19)25-9-6-22-10-13-31(18-23(22)15-25)27-28-16-26(34-27)14-21-4-7-24(8-5-21)33-12-3-11-29-33/h3-9,11-12,15-17H,10,13-14,18H2,1-2H3. The van der Waals surface area contributed by atoms with Crippen LogP contribution < -0.4 is 4.90 Å². The summed E-state index contributed by atoms with van der Waals surface area (Å²) >= 11 is 1.80. The maximum absolute atomic E-state index is 4.78. The van der Waals surface area contributed by atoms with Gasteiger partial charge in [-0.15, -0.1) is 11.3 Å². The highest BCUT2D eigenvalue weighted by Gasteiger charge is 2.20. The first-order valence-electron chi connectivity index (χ1n) is 11.6. The number of hydrogen-bond acceptors (Lipinski definition) is 5. The van der Waals surface area contributed by atoms with Gasteiger partial charge in [0.25, 0.3) is 0 Å². The van der Waals surface area contributed by atoms with Crippen molar-refractivity contribution in [2.75, 3.05) is 11.4 Å². The van der Waals surface area contributed by atoms with E-state index in [9.17, 15) is 0 Å². The molecule has 0 amide bonds. The van der Waals surface area contributed by atoms with Gasteiger partial charge >= 0.3 is 0 Å². The Kier molecular flexibility index (Phi) is 5.26. The van der Waals surface area contributed by atoms with Crippen LogP contribution in [0.25, 0.3) is 11.4 Å². The molecule has 0 saturated heterocycles. The molecule has 3 aromatic heterocycles. The minimum Gasteiger partial charge on any atom is -0.343 e. The Hall–Kier alpha value is -3.71. The van der Waals surface area contributed by atoms with Gasteiger partial charge in [-0.25, -0.2) is 14.6 Å². The molecule has 0 N–H and O–H groups in total. The first kappa shape index (κ1) is 20.9. The van der Waals surface area contributed by atoms with E-state index in [1.54, 1.807) is 17.5 Å². The number of anilines is 1. The Morgan fingerprint density at radius 1 is 1.00 bits per heavy atom. The number of rotatable bonds is 5. The molecule has 0 radical (unpaired) electrons. The molecule has 0 bridgehead atoms. The van der Waals surface area contributed by atoms with E-state index in [4.69, 9.17) is 4.98 Å². The number of hydrogen-bond donors (Lipinski definition) is 0. The third-order valence-electron chi connectivity index (χ3n) is 6.38. The summed E-state index contributed by atoms with van der Waals surface area (Å²) < 4.78 is 4.05. The average molecular weight is 467 g/mol. The molecule has 34 heavy (non-hydrogen) atoms. The van der Waals surface area contributed by atoms with E-state index in [2.05, 4.69) is 75.1 Å². The number of imidazole rings is 1. The van der Waals surface area contributed by atoms with Crippen molar-refractivity contribution in [2.45, 2.75) is 33.2 Å². The zero-order valence-corrected chi connectivity index (χ0v) is 20.2. The maximum atomic E-state index is 4.78. The third kappa shape index (κ3) is 4.03. The maximum Gasteiger partial charge on any atom is 0.185 e. The Balaban J connectivity index is 1.17. The lowest BCUT2D eigenvalue weighted by Crippen LogP contribution is -2.30. The largest absolute Gasteiger partial charge is 0.343 e. The Morgan fingerprint density at radius 2 is 1.85 bits per heavy atom. The minimum absolute atomic E-state index is 0.890. The lowest BCUT2D eigenvalue weighted by atomic mass is 9.99. The number of benzene rings is 2. The SMILES string of the molecule is Cc1cn(-c2ccc3c(c2)CN(c2ncc(Cc4ccc(-n5cccn5)cc4)s2)CC3)c(C)n1. The van der Waals surface area contributed by atoms with Crippen molar-refractivity contribution >= 4 is 16.5 Å². The topological polar surface area (TPSA) is 51.8 Å². The second-order valence-electron chi connectivity index (χ2n) is 8.83. The van der Waals surface area contributed by atoms with E-state index in [-0.39, 0.29) is 0 Å². The number of nitrogens with zero attached hydrogens (tertiary/aromatic N) is 6. The van der Waals surface area contributed by atoms with Crippen LogP contribution in [0.5, 0.6) is 0 Å². The lowest BCUT2D eigenvalue weighted by molar-refractivity contribution is 0.727. The van der Waals surface area contributed by atoms with E-state index in [1.165, 1.54) is 27.3 Å². The van der Waals surface area contributed by atoms with Crippen molar-refractivity contribution in [3.8, 4) is 11.4 Å². The highest BCUT2D eigenvalue weighted by molar-refractivity contribution is 7.15. The van der Waals surface area contributed by atoms with E-state index in [0.717, 1.165) is 48.3 Å². The Labute approximate surface area is 203 Å². The highest BCUT2D eigenvalue weighted by Crippen LogP contribution is 2.30. The van der Waals surface area contributed by atoms with E-state index in [0.29, 0.717) is 0 Å². The minimum atomic E-state index is 0.890. The van der Waals surface area contributed by atoms with Crippen LogP contribution in [-0.4, -0.2) is 30.9 Å². The fourth-order valence-corrected chi connectivity index (χ4v) is 5.62. The molecule has 1 aliphatic rings. The summed E-state index contributed by atoms with van der Waals surface area (Å²) in [7, 11) is 0. The van der Waals surface area contributed by atoms with Gasteiger partial charge in [0, 0.05) is 54.9 Å². The van der Waals surface area contributed by atoms with Crippen LogP contribution in [0.15, 0.2) is 73.3 Å². The molecule has 2 aromatic carbocycles. The Bertz CT molecular complexity index is 1430. The summed E-state index contributed by atoms with van der Waals surface area (Å²) in [5, 5.41) is 5.40. The fourth-order valence-electron chi connectivity index (χ4n) is 4.65. The summed E-state index contributed by atoms with van der Waals surface area (Å²) in [6.45, 7) is 5.99. The van der Waals surface area contributed by atoms with Crippen LogP contribution in [-0.2, 0) is 19.4 Å². The number of fused-ring (bicyclic) bond motifs is 1. The molecule has 0 saturated carbocycles. The molecule has 0 unspecified atom stereocenters. The normalized spacial score (nSPS) is 13.3. The quantitative estimate of drug-likeness (QED) is 0.353. The monoisotopic (exact) mass is 466 g/mol. The average Bonchev–Trinajstić information content (AvgIpc) is 3.61. The number of thiazole rings is 1. The Morgan fingerprint density at radius 3 is 2.62 bits per heavy atom. The molecular formula is C27H26N6S. The summed E-state index contributed by atoms with van der Waals surface area (Å²) in [6.07, 6.45) is 9.83. The molecule has 1 aliphatic heterocycles. The summed E-state index contributed by atoms with van der Waals surface area (Å²) in [5.74, 6) is 1.02. The van der Waals surface area contributed by atoms with Gasteiger partial charge < -0.3 is 9.47 Å². The van der Waals surface area contributed by atoms with Crippen LogP contribution in [0, 0.1) is 13.8 Å². The highest BCUT2D eigenvalue weighted by atomic mass is 32.1. The molecule has 6 rings (SSSR count). The van der Waals surface area contributed by atoms with E-state index >= 15 is 0 Å². The smallest absolute Gasteiger partial charge is 0.185 e. The molecule has 0 aliphatic carbocycles. The van der Waals surface area contributed by atoms with Gasteiger partial charge in [0.1, 0.15) is 5.82 Å². The van der Waals surface area contributed by atoms with Crippen molar-refractivity contribution in [2.24, 2.45) is 0 Å². The van der Waals surface area contributed by atoms with E-state index < -0.39 is 0 Å². The van der Waals surface area contributed by atoms with Crippen LogP contribution >= 0.6 is 11.3 Å². The van der Waals surface area contributed by atoms with Crippen LogP contribution in [0.4, 0.5) is 5.13 Å². The van der Waals surface area contributed by atoms with Crippen molar-refractivity contribution in [3.63, 3.8) is 0 Å². The molecule has 5 aromatic rings. The molecular weight excluding hydrogens is 440 g/mol. The zero-order chi connectivity index (χ0) is 23.1. The van der Waals surface area contributed by atoms with Crippen molar-refractivity contribution in [1.82, 2.24) is 24.3 Å². The first-order chi connectivity index (χ1) is 16.6. The number of aryl methyl sites for hydroxylation is 2. The van der Waals surface area contributed by atoms with Crippen molar-refractivity contribution in [3.05, 3.63) is 106 Å². The second-order valence-corrected chi connectivity index (χ2v) is 9.92. The van der Waals surface area contributed by atoms with Gasteiger partial charge in [-0.2, -0.15) is 5.10 Å². The zero-order valence-electron chi connectivity index (χ0n) is 19.3. The lowest BCUT2D eigenvalue weighted by Gasteiger charge is -2.29. The molecule has 0 atom stereocenters. The molecule has 6 nitrogen and oxygen atoms in total. The van der Waals surface area contributed by atoms with Crippen molar-refractivity contribution in [1.29, 1.82) is 0 Å². The molecule has 4 heterocycles. The summed E-state index contributed by atoms with van der Waals surface area (Å²) in [5.41, 5.74) is 7.39. The van der Waals surface area contributed by atoms with Crippen LogP contribution in [0.2, 0.25) is 0 Å². The first-order valence-corrected chi connectivity index (χ1v) is 12.4. The van der Waals surface area contributed by atoms with Gasteiger partial charge in [-0.05, 0) is 67.3 Å².